The second kappa shape index (κ2) is 19.9. The average Bonchev–Trinajstić information content (AvgIpc) is 3.51. The zero-order valence-corrected chi connectivity index (χ0v) is 22.3. The number of ether oxygens (including phenoxy) is 1. The molecule has 3 heteroatoms. The molecule has 1 aliphatic rings. The number of carbonyl (C=O) groups excluding carboxylic acids is 1. The molecule has 0 aromatic carbocycles. The van der Waals surface area contributed by atoms with Crippen LogP contribution in [0.5, 0.6) is 0 Å². The summed E-state index contributed by atoms with van der Waals surface area (Å²) in [4.78, 5) is 13.8. The predicted octanol–water partition coefficient (Wildman–Crippen LogP) is 8.55. The first-order valence-electron chi connectivity index (χ1n) is 14.4. The third kappa shape index (κ3) is 16.1. The monoisotopic (exact) mass is 451 g/mol. The van der Waals surface area contributed by atoms with Gasteiger partial charge in [0.15, 0.2) is 0 Å². The molecule has 0 spiro atoms. The third-order valence-electron chi connectivity index (χ3n) is 7.56. The molecule has 0 aromatic rings. The fourth-order valence-corrected chi connectivity index (χ4v) is 5.24. The first kappa shape index (κ1) is 29.5. The van der Waals surface area contributed by atoms with Crippen molar-refractivity contribution < 1.29 is 9.53 Å². The fraction of sp³-hybridized carbons (Fsp3) is 0.966. The van der Waals surface area contributed by atoms with Crippen LogP contribution >= 0.6 is 0 Å². The minimum absolute atomic E-state index is 0.0212. The molecule has 3 unspecified atom stereocenters. The molecule has 0 aromatic heterocycles. The largest absolute Gasteiger partial charge is 0.466 e. The molecule has 0 heterocycles. The minimum Gasteiger partial charge on any atom is -0.466 e. The van der Waals surface area contributed by atoms with E-state index in [0.717, 1.165) is 24.3 Å². The van der Waals surface area contributed by atoms with Crippen LogP contribution in [0.3, 0.4) is 0 Å². The standard InChI is InChI=1S/C29H57NO2/c1-5-7-8-11-17-22-28(30(3)4)23-18-13-10-9-12-15-20-26-25-27(26)21-16-14-19-24-29(31)32-6-2/h26-28H,5-25H2,1-4H3. The van der Waals surface area contributed by atoms with E-state index in [4.69, 9.17) is 4.74 Å². The number of hydrogen-bond acceptors (Lipinski definition) is 3. The maximum Gasteiger partial charge on any atom is 0.305 e. The molecule has 0 aliphatic heterocycles. The van der Waals surface area contributed by atoms with Crippen molar-refractivity contribution in [1.82, 2.24) is 4.90 Å². The highest BCUT2D eigenvalue weighted by molar-refractivity contribution is 5.69. The van der Waals surface area contributed by atoms with Crippen molar-refractivity contribution in [1.29, 1.82) is 0 Å². The van der Waals surface area contributed by atoms with Crippen LogP contribution in [0.15, 0.2) is 0 Å². The van der Waals surface area contributed by atoms with Gasteiger partial charge in [0.1, 0.15) is 0 Å². The molecular weight excluding hydrogens is 394 g/mol. The zero-order valence-electron chi connectivity index (χ0n) is 22.3. The number of esters is 1. The van der Waals surface area contributed by atoms with E-state index in [9.17, 15) is 4.79 Å². The van der Waals surface area contributed by atoms with Crippen LogP contribution in [0, 0.1) is 11.8 Å². The lowest BCUT2D eigenvalue weighted by molar-refractivity contribution is -0.143. The molecule has 0 radical (unpaired) electrons. The number of hydrogen-bond donors (Lipinski definition) is 0. The molecule has 0 amide bonds. The van der Waals surface area contributed by atoms with Gasteiger partial charge in [-0.1, -0.05) is 103 Å². The van der Waals surface area contributed by atoms with Crippen LogP contribution in [0.2, 0.25) is 0 Å². The van der Waals surface area contributed by atoms with Gasteiger partial charge < -0.3 is 9.64 Å². The topological polar surface area (TPSA) is 29.5 Å². The van der Waals surface area contributed by atoms with Crippen molar-refractivity contribution >= 4 is 5.97 Å². The zero-order chi connectivity index (χ0) is 23.4. The van der Waals surface area contributed by atoms with Crippen molar-refractivity contribution in [2.24, 2.45) is 11.8 Å². The first-order chi connectivity index (χ1) is 15.6. The highest BCUT2D eigenvalue weighted by atomic mass is 16.5. The third-order valence-corrected chi connectivity index (χ3v) is 7.56. The van der Waals surface area contributed by atoms with Gasteiger partial charge in [0.25, 0.3) is 0 Å². The van der Waals surface area contributed by atoms with E-state index in [1.807, 2.05) is 6.92 Å². The van der Waals surface area contributed by atoms with E-state index in [0.29, 0.717) is 13.0 Å². The molecule has 1 saturated carbocycles. The lowest BCUT2D eigenvalue weighted by atomic mass is 9.99. The van der Waals surface area contributed by atoms with Gasteiger partial charge in [-0.2, -0.15) is 0 Å². The molecule has 1 fully saturated rings. The van der Waals surface area contributed by atoms with Crippen molar-refractivity contribution in [2.45, 2.75) is 148 Å². The summed E-state index contributed by atoms with van der Waals surface area (Å²) in [6, 6.07) is 0.800. The van der Waals surface area contributed by atoms with Crippen LogP contribution < -0.4 is 0 Å². The highest BCUT2D eigenvalue weighted by Gasteiger charge is 2.35. The summed E-state index contributed by atoms with van der Waals surface area (Å²) < 4.78 is 4.99. The normalized spacial score (nSPS) is 18.8. The predicted molar refractivity (Wildman–Crippen MR) is 139 cm³/mol. The Morgan fingerprint density at radius 3 is 1.78 bits per heavy atom. The summed E-state index contributed by atoms with van der Waals surface area (Å²) in [6.45, 7) is 4.69. The van der Waals surface area contributed by atoms with Gasteiger partial charge in [-0.3, -0.25) is 4.79 Å². The van der Waals surface area contributed by atoms with Gasteiger partial charge in [-0.25, -0.2) is 0 Å². The van der Waals surface area contributed by atoms with Crippen molar-refractivity contribution in [3.8, 4) is 0 Å². The lowest BCUT2D eigenvalue weighted by Gasteiger charge is -2.24. The first-order valence-corrected chi connectivity index (χ1v) is 14.4. The Morgan fingerprint density at radius 1 is 0.750 bits per heavy atom. The van der Waals surface area contributed by atoms with E-state index in [1.54, 1.807) is 0 Å². The Kier molecular flexibility index (Phi) is 18.3. The quantitative estimate of drug-likeness (QED) is 0.115. The van der Waals surface area contributed by atoms with Crippen molar-refractivity contribution in [2.75, 3.05) is 20.7 Å². The lowest BCUT2D eigenvalue weighted by Crippen LogP contribution is -2.27. The molecule has 0 N–H and O–H groups in total. The van der Waals surface area contributed by atoms with Crippen LogP contribution in [0.4, 0.5) is 0 Å². The Bertz CT molecular complexity index is 437. The molecule has 32 heavy (non-hydrogen) atoms. The van der Waals surface area contributed by atoms with Crippen LogP contribution in [0.25, 0.3) is 0 Å². The number of rotatable bonds is 23. The van der Waals surface area contributed by atoms with E-state index in [1.165, 1.54) is 116 Å². The van der Waals surface area contributed by atoms with Gasteiger partial charge in [0, 0.05) is 12.5 Å². The number of carbonyl (C=O) groups is 1. The summed E-state index contributed by atoms with van der Waals surface area (Å²) >= 11 is 0. The van der Waals surface area contributed by atoms with Crippen LogP contribution in [0.1, 0.15) is 142 Å². The molecule has 3 nitrogen and oxygen atoms in total. The van der Waals surface area contributed by atoms with Gasteiger partial charge in [0.2, 0.25) is 0 Å². The van der Waals surface area contributed by atoms with E-state index in [2.05, 4.69) is 25.9 Å². The molecule has 0 bridgehead atoms. The maximum atomic E-state index is 11.3. The molecule has 1 aliphatic carbocycles. The van der Waals surface area contributed by atoms with E-state index in [-0.39, 0.29) is 5.97 Å². The number of nitrogens with zero attached hydrogens (tertiary/aromatic N) is 1. The van der Waals surface area contributed by atoms with Gasteiger partial charge in [0.05, 0.1) is 6.61 Å². The Labute approximate surface area is 201 Å². The van der Waals surface area contributed by atoms with Crippen LogP contribution in [-0.2, 0) is 9.53 Å². The van der Waals surface area contributed by atoms with E-state index < -0.39 is 0 Å². The summed E-state index contributed by atoms with van der Waals surface area (Å²) in [5.74, 6) is 2.01. The summed E-state index contributed by atoms with van der Waals surface area (Å²) in [6.07, 6.45) is 26.8. The highest BCUT2D eigenvalue weighted by Crippen LogP contribution is 2.45. The summed E-state index contributed by atoms with van der Waals surface area (Å²) in [5.41, 5.74) is 0. The SMILES string of the molecule is CCCCCCCC(CCCCCCCCC1CC1CCCCCC(=O)OCC)N(C)C. The van der Waals surface area contributed by atoms with E-state index >= 15 is 0 Å². The average molecular weight is 452 g/mol. The van der Waals surface area contributed by atoms with Crippen molar-refractivity contribution in [3.05, 3.63) is 0 Å². The smallest absolute Gasteiger partial charge is 0.305 e. The van der Waals surface area contributed by atoms with Gasteiger partial charge >= 0.3 is 5.97 Å². The number of unbranched alkanes of at least 4 members (excludes halogenated alkanes) is 11. The Balaban J connectivity index is 1.87. The second-order valence-electron chi connectivity index (χ2n) is 10.7. The molecule has 3 atom stereocenters. The summed E-state index contributed by atoms with van der Waals surface area (Å²) in [5, 5.41) is 0. The van der Waals surface area contributed by atoms with Gasteiger partial charge in [-0.15, -0.1) is 0 Å². The minimum atomic E-state index is -0.0212. The second-order valence-corrected chi connectivity index (χ2v) is 10.7. The molecule has 1 rings (SSSR count). The maximum absolute atomic E-state index is 11.3. The van der Waals surface area contributed by atoms with Crippen LogP contribution in [-0.4, -0.2) is 37.6 Å². The Morgan fingerprint density at radius 2 is 1.25 bits per heavy atom. The van der Waals surface area contributed by atoms with Crippen molar-refractivity contribution in [3.63, 3.8) is 0 Å². The fourth-order valence-electron chi connectivity index (χ4n) is 5.24. The molecule has 190 valence electrons. The molecular formula is C29H57NO2. The molecule has 0 saturated heterocycles. The van der Waals surface area contributed by atoms with Gasteiger partial charge in [-0.05, 0) is 58.5 Å². The summed E-state index contributed by atoms with van der Waals surface area (Å²) in [7, 11) is 4.54. The Hall–Kier alpha value is -0.570.